The van der Waals surface area contributed by atoms with Crippen molar-refractivity contribution in [3.63, 3.8) is 0 Å². The van der Waals surface area contributed by atoms with Crippen molar-refractivity contribution in [2.75, 3.05) is 7.11 Å². The molecule has 7 nitrogen and oxygen atoms in total. The zero-order valence-electron chi connectivity index (χ0n) is 15.6. The van der Waals surface area contributed by atoms with Gasteiger partial charge in [0, 0.05) is 17.0 Å². The Morgan fingerprint density at radius 2 is 2.07 bits per heavy atom. The number of carbonyl (C=O) groups excluding carboxylic acids is 1. The van der Waals surface area contributed by atoms with E-state index in [1.54, 1.807) is 30.6 Å². The predicted octanol–water partition coefficient (Wildman–Crippen LogP) is 3.83. The van der Waals surface area contributed by atoms with Crippen LogP contribution in [0.5, 0.6) is 11.5 Å². The first-order valence-electron chi connectivity index (χ1n) is 8.43. The number of amides is 1. The Morgan fingerprint density at radius 3 is 2.78 bits per heavy atom. The molecule has 2 aromatic heterocycles. The van der Waals surface area contributed by atoms with Gasteiger partial charge in [0.2, 0.25) is 0 Å². The third-order valence-electron chi connectivity index (χ3n) is 3.91. The third kappa shape index (κ3) is 4.65. The molecule has 0 aliphatic heterocycles. The van der Waals surface area contributed by atoms with E-state index in [9.17, 15) is 4.79 Å². The zero-order chi connectivity index (χ0) is 19.4. The molecule has 0 bridgehead atoms. The summed E-state index contributed by atoms with van der Waals surface area (Å²) < 4.78 is 16.0. The molecule has 2 heterocycles. The molecule has 0 spiro atoms. The van der Waals surface area contributed by atoms with Crippen LogP contribution in [0.1, 0.15) is 44.8 Å². The van der Waals surface area contributed by atoms with E-state index in [1.807, 2.05) is 39.0 Å². The van der Waals surface area contributed by atoms with Crippen molar-refractivity contribution in [1.29, 1.82) is 0 Å². The van der Waals surface area contributed by atoms with Crippen LogP contribution in [0.25, 0.3) is 0 Å². The molecule has 0 fully saturated rings. The van der Waals surface area contributed by atoms with Gasteiger partial charge in [-0.1, -0.05) is 11.2 Å². The van der Waals surface area contributed by atoms with Crippen molar-refractivity contribution in [1.82, 2.24) is 15.5 Å². The second kappa shape index (κ2) is 8.22. The van der Waals surface area contributed by atoms with Crippen molar-refractivity contribution in [3.8, 4) is 11.5 Å². The Balaban J connectivity index is 1.59. The minimum Gasteiger partial charge on any atom is -0.497 e. The summed E-state index contributed by atoms with van der Waals surface area (Å²) in [5.41, 5.74) is 1.08. The number of rotatable bonds is 7. The molecule has 0 saturated heterocycles. The molecular formula is C19H21N3O4S. The quantitative estimate of drug-likeness (QED) is 0.663. The average Bonchev–Trinajstić information content (AvgIpc) is 3.26. The van der Waals surface area contributed by atoms with Crippen LogP contribution in [0.15, 0.2) is 34.9 Å². The van der Waals surface area contributed by atoms with E-state index in [0.29, 0.717) is 17.3 Å². The maximum Gasteiger partial charge on any atom is 0.274 e. The van der Waals surface area contributed by atoms with Gasteiger partial charge in [-0.05, 0) is 32.9 Å². The number of ether oxygens (including phenoxy) is 2. The summed E-state index contributed by atoms with van der Waals surface area (Å²) in [6.07, 6.45) is 0. The number of hydrogen-bond acceptors (Lipinski definition) is 7. The van der Waals surface area contributed by atoms with Crippen LogP contribution < -0.4 is 14.8 Å². The SMILES string of the molecule is COc1cccc(OCc2cc(C(=O)NC(C)c3nc(C)sc3C)no2)c1. The standard InChI is InChI=1S/C19H21N3O4S/c1-11(18-12(2)27-13(3)21-18)20-19(23)17-9-16(26-22-17)10-25-15-7-5-6-14(8-15)24-4/h5-9,11H,10H2,1-4H3,(H,20,23). The molecule has 8 heteroatoms. The van der Waals surface area contributed by atoms with Crippen LogP contribution in [-0.4, -0.2) is 23.2 Å². The second-order valence-corrected chi connectivity index (χ2v) is 7.42. The Kier molecular flexibility index (Phi) is 5.75. The monoisotopic (exact) mass is 387 g/mol. The summed E-state index contributed by atoms with van der Waals surface area (Å²) in [5.74, 6) is 1.48. The zero-order valence-corrected chi connectivity index (χ0v) is 16.4. The lowest BCUT2D eigenvalue weighted by Gasteiger charge is -2.11. The topological polar surface area (TPSA) is 86.5 Å². The molecule has 3 rings (SSSR count). The highest BCUT2D eigenvalue weighted by Gasteiger charge is 2.19. The van der Waals surface area contributed by atoms with Crippen LogP contribution in [0.3, 0.4) is 0 Å². The lowest BCUT2D eigenvalue weighted by molar-refractivity contribution is 0.0929. The normalized spacial score (nSPS) is 11.9. The van der Waals surface area contributed by atoms with Gasteiger partial charge in [0.1, 0.15) is 18.1 Å². The van der Waals surface area contributed by atoms with Gasteiger partial charge in [-0.15, -0.1) is 11.3 Å². The number of carbonyl (C=O) groups is 1. The van der Waals surface area contributed by atoms with Gasteiger partial charge in [0.15, 0.2) is 11.5 Å². The largest absolute Gasteiger partial charge is 0.497 e. The number of nitrogens with one attached hydrogen (secondary N) is 1. The molecule has 142 valence electrons. The summed E-state index contributed by atoms with van der Waals surface area (Å²) in [6.45, 7) is 5.99. The van der Waals surface area contributed by atoms with Gasteiger partial charge in [-0.25, -0.2) is 4.98 Å². The Hall–Kier alpha value is -2.87. The van der Waals surface area contributed by atoms with E-state index in [0.717, 1.165) is 15.6 Å². The minimum atomic E-state index is -0.316. The molecule has 1 unspecified atom stereocenters. The van der Waals surface area contributed by atoms with Crippen LogP contribution in [0.4, 0.5) is 0 Å². The van der Waals surface area contributed by atoms with Gasteiger partial charge in [-0.3, -0.25) is 4.79 Å². The van der Waals surface area contributed by atoms with Crippen LogP contribution in [0.2, 0.25) is 0 Å². The number of thiazole rings is 1. The number of aryl methyl sites for hydroxylation is 2. The Bertz CT molecular complexity index is 935. The first-order valence-corrected chi connectivity index (χ1v) is 9.25. The second-order valence-electron chi connectivity index (χ2n) is 6.02. The molecule has 0 radical (unpaired) electrons. The smallest absolute Gasteiger partial charge is 0.274 e. The fourth-order valence-corrected chi connectivity index (χ4v) is 3.53. The van der Waals surface area contributed by atoms with Crippen molar-refractivity contribution in [2.45, 2.75) is 33.4 Å². The van der Waals surface area contributed by atoms with E-state index in [4.69, 9.17) is 14.0 Å². The maximum absolute atomic E-state index is 12.4. The summed E-state index contributed by atoms with van der Waals surface area (Å²) in [4.78, 5) is 18.0. The molecule has 1 atom stereocenters. The molecule has 1 N–H and O–H groups in total. The van der Waals surface area contributed by atoms with E-state index < -0.39 is 0 Å². The summed E-state index contributed by atoms with van der Waals surface area (Å²) in [7, 11) is 1.59. The van der Waals surface area contributed by atoms with Gasteiger partial charge in [0.05, 0.1) is 23.9 Å². The van der Waals surface area contributed by atoms with Crippen LogP contribution in [0, 0.1) is 13.8 Å². The summed E-state index contributed by atoms with van der Waals surface area (Å²) in [5, 5.41) is 7.70. The lowest BCUT2D eigenvalue weighted by atomic mass is 10.2. The average molecular weight is 387 g/mol. The highest BCUT2D eigenvalue weighted by Crippen LogP contribution is 2.23. The highest BCUT2D eigenvalue weighted by atomic mass is 32.1. The van der Waals surface area contributed by atoms with Gasteiger partial charge < -0.3 is 19.3 Å². The fraction of sp³-hybridized carbons (Fsp3) is 0.316. The molecule has 0 aliphatic carbocycles. The van der Waals surface area contributed by atoms with Gasteiger partial charge in [0.25, 0.3) is 5.91 Å². The molecule has 3 aromatic rings. The fourth-order valence-electron chi connectivity index (χ4n) is 2.62. The first kappa shape index (κ1) is 18.9. The Morgan fingerprint density at radius 1 is 1.30 bits per heavy atom. The summed E-state index contributed by atoms with van der Waals surface area (Å²) >= 11 is 1.61. The summed E-state index contributed by atoms with van der Waals surface area (Å²) in [6, 6.07) is 8.60. The van der Waals surface area contributed by atoms with E-state index >= 15 is 0 Å². The van der Waals surface area contributed by atoms with Crippen molar-refractivity contribution in [3.05, 3.63) is 57.4 Å². The predicted molar refractivity (Wildman–Crippen MR) is 101 cm³/mol. The van der Waals surface area contributed by atoms with Crippen molar-refractivity contribution < 1.29 is 18.8 Å². The molecule has 1 aromatic carbocycles. The minimum absolute atomic E-state index is 0.160. The number of nitrogens with zero attached hydrogens (tertiary/aromatic N) is 2. The highest BCUT2D eigenvalue weighted by molar-refractivity contribution is 7.11. The van der Waals surface area contributed by atoms with Crippen molar-refractivity contribution >= 4 is 17.2 Å². The van der Waals surface area contributed by atoms with Crippen LogP contribution >= 0.6 is 11.3 Å². The number of hydrogen-bond donors (Lipinski definition) is 1. The number of benzene rings is 1. The van der Waals surface area contributed by atoms with E-state index in [2.05, 4.69) is 15.5 Å². The Labute approximate surface area is 161 Å². The molecule has 0 aliphatic rings. The molecule has 0 saturated carbocycles. The number of aromatic nitrogens is 2. The lowest BCUT2D eigenvalue weighted by Crippen LogP contribution is -2.27. The number of methoxy groups -OCH3 is 1. The van der Waals surface area contributed by atoms with Crippen LogP contribution in [-0.2, 0) is 6.61 Å². The molecule has 27 heavy (non-hydrogen) atoms. The van der Waals surface area contributed by atoms with E-state index in [-0.39, 0.29) is 24.2 Å². The van der Waals surface area contributed by atoms with Gasteiger partial charge in [-0.2, -0.15) is 0 Å². The first-order chi connectivity index (χ1) is 13.0. The molecule has 1 amide bonds. The van der Waals surface area contributed by atoms with E-state index in [1.165, 1.54) is 0 Å². The third-order valence-corrected chi connectivity index (χ3v) is 4.81. The van der Waals surface area contributed by atoms with Crippen molar-refractivity contribution in [2.24, 2.45) is 0 Å². The maximum atomic E-state index is 12.4. The molecular weight excluding hydrogens is 366 g/mol. The van der Waals surface area contributed by atoms with Gasteiger partial charge >= 0.3 is 0 Å².